The minimum Gasteiger partial charge on any atom is -0.454 e. The van der Waals surface area contributed by atoms with Crippen LogP contribution in [-0.4, -0.2) is 68.0 Å². The van der Waals surface area contributed by atoms with E-state index >= 15 is 0 Å². The van der Waals surface area contributed by atoms with Crippen LogP contribution >= 0.6 is 0 Å². The van der Waals surface area contributed by atoms with Gasteiger partial charge in [0.15, 0.2) is 22.7 Å². The van der Waals surface area contributed by atoms with Gasteiger partial charge in [-0.15, -0.1) is 0 Å². The molecule has 0 radical (unpaired) electrons. The number of fused-ring (bicyclic) bond motifs is 2. The van der Waals surface area contributed by atoms with Gasteiger partial charge in [-0.2, -0.15) is 5.10 Å². The van der Waals surface area contributed by atoms with Crippen LogP contribution in [0.2, 0.25) is 0 Å². The molecule has 184 valence electrons. The van der Waals surface area contributed by atoms with Crippen molar-refractivity contribution in [2.24, 2.45) is 7.05 Å². The first-order chi connectivity index (χ1) is 17.5. The van der Waals surface area contributed by atoms with Crippen molar-refractivity contribution in [2.75, 3.05) is 33.0 Å². The zero-order valence-electron chi connectivity index (χ0n) is 20.2. The second-order valence-corrected chi connectivity index (χ2v) is 9.21. The van der Waals surface area contributed by atoms with Crippen molar-refractivity contribution in [3.63, 3.8) is 0 Å². The number of hydrogen-bond acceptors (Lipinski definition) is 7. The second-order valence-electron chi connectivity index (χ2n) is 9.21. The van der Waals surface area contributed by atoms with Crippen LogP contribution in [0.25, 0.3) is 16.7 Å². The fourth-order valence-corrected chi connectivity index (χ4v) is 4.66. The number of piperazine rings is 1. The zero-order valence-corrected chi connectivity index (χ0v) is 20.2. The molecule has 10 heteroatoms. The van der Waals surface area contributed by atoms with E-state index in [-0.39, 0.29) is 24.0 Å². The Labute approximate surface area is 207 Å². The van der Waals surface area contributed by atoms with Gasteiger partial charge in [-0.3, -0.25) is 14.5 Å². The quantitative estimate of drug-likeness (QED) is 0.436. The summed E-state index contributed by atoms with van der Waals surface area (Å²) in [4.78, 5) is 35.1. The summed E-state index contributed by atoms with van der Waals surface area (Å²) in [5.41, 5.74) is 3.52. The molecule has 2 aliphatic rings. The third-order valence-electron chi connectivity index (χ3n) is 6.73. The van der Waals surface area contributed by atoms with Crippen LogP contribution < -0.4 is 15.0 Å². The van der Waals surface area contributed by atoms with Gasteiger partial charge in [0.1, 0.15) is 5.52 Å². The summed E-state index contributed by atoms with van der Waals surface area (Å²) in [6.07, 6.45) is 1.44. The Kier molecular flexibility index (Phi) is 5.45. The van der Waals surface area contributed by atoms with Crippen LogP contribution in [0.4, 0.5) is 0 Å². The number of aromatic nitrogens is 4. The fourth-order valence-electron chi connectivity index (χ4n) is 4.66. The van der Waals surface area contributed by atoms with Crippen molar-refractivity contribution in [3.8, 4) is 17.2 Å². The molecule has 36 heavy (non-hydrogen) atoms. The molecular weight excluding hydrogens is 460 g/mol. The van der Waals surface area contributed by atoms with Crippen LogP contribution in [-0.2, 0) is 13.6 Å². The van der Waals surface area contributed by atoms with Gasteiger partial charge in [0.2, 0.25) is 6.79 Å². The first-order valence-electron chi connectivity index (χ1n) is 11.9. The molecule has 2 aromatic carbocycles. The number of aryl methyl sites for hydroxylation is 2. The third kappa shape index (κ3) is 3.89. The Bertz CT molecular complexity index is 1520. The van der Waals surface area contributed by atoms with E-state index in [0.29, 0.717) is 29.8 Å². The summed E-state index contributed by atoms with van der Waals surface area (Å²) < 4.78 is 13.8. The van der Waals surface area contributed by atoms with Crippen molar-refractivity contribution in [3.05, 3.63) is 76.0 Å². The van der Waals surface area contributed by atoms with Gasteiger partial charge in [0, 0.05) is 39.8 Å². The molecule has 0 aliphatic carbocycles. The van der Waals surface area contributed by atoms with Crippen LogP contribution in [0, 0.1) is 6.92 Å². The predicted molar refractivity (Wildman–Crippen MR) is 133 cm³/mol. The maximum absolute atomic E-state index is 13.6. The van der Waals surface area contributed by atoms with Crippen molar-refractivity contribution in [2.45, 2.75) is 13.5 Å². The lowest BCUT2D eigenvalue weighted by Gasteiger charge is -2.34. The number of benzene rings is 2. The lowest BCUT2D eigenvalue weighted by atomic mass is 10.1. The Balaban J connectivity index is 1.23. The third-order valence-corrected chi connectivity index (χ3v) is 6.73. The highest BCUT2D eigenvalue weighted by atomic mass is 16.7. The van der Waals surface area contributed by atoms with Crippen LogP contribution in [0.5, 0.6) is 11.5 Å². The first-order valence-corrected chi connectivity index (χ1v) is 11.9. The Morgan fingerprint density at radius 3 is 2.53 bits per heavy atom. The maximum atomic E-state index is 13.6. The van der Waals surface area contributed by atoms with E-state index in [4.69, 9.17) is 9.47 Å². The van der Waals surface area contributed by atoms with Gasteiger partial charge in [-0.1, -0.05) is 23.8 Å². The van der Waals surface area contributed by atoms with E-state index < -0.39 is 0 Å². The van der Waals surface area contributed by atoms with Gasteiger partial charge < -0.3 is 18.9 Å². The minimum absolute atomic E-state index is 0.201. The predicted octanol–water partition coefficient (Wildman–Crippen LogP) is 2.11. The molecule has 1 amide bonds. The largest absolute Gasteiger partial charge is 0.454 e. The number of hydrogen-bond donors (Lipinski definition) is 0. The summed E-state index contributed by atoms with van der Waals surface area (Å²) in [5, 5.41) is 4.60. The minimum atomic E-state index is -0.249. The zero-order chi connectivity index (χ0) is 24.8. The van der Waals surface area contributed by atoms with Crippen LogP contribution in [0.15, 0.2) is 53.6 Å². The number of amides is 1. The Morgan fingerprint density at radius 2 is 1.75 bits per heavy atom. The lowest BCUT2D eigenvalue weighted by molar-refractivity contribution is 0.0624. The van der Waals surface area contributed by atoms with Crippen LogP contribution in [0.3, 0.4) is 0 Å². The first kappa shape index (κ1) is 22.3. The van der Waals surface area contributed by atoms with Crippen molar-refractivity contribution >= 4 is 16.9 Å². The Hall–Kier alpha value is -4.18. The van der Waals surface area contributed by atoms with Gasteiger partial charge >= 0.3 is 0 Å². The van der Waals surface area contributed by atoms with Crippen molar-refractivity contribution < 1.29 is 14.3 Å². The Morgan fingerprint density at radius 1 is 1.00 bits per heavy atom. The summed E-state index contributed by atoms with van der Waals surface area (Å²) in [7, 11) is 1.64. The normalized spacial score (nSPS) is 15.6. The maximum Gasteiger partial charge on any atom is 0.279 e. The van der Waals surface area contributed by atoms with E-state index in [1.807, 2.05) is 49.4 Å². The molecule has 0 atom stereocenters. The number of rotatable bonds is 4. The van der Waals surface area contributed by atoms with Gasteiger partial charge in [-0.25, -0.2) is 9.67 Å². The molecule has 0 saturated carbocycles. The number of nitrogens with zero attached hydrogens (tertiary/aromatic N) is 6. The van der Waals surface area contributed by atoms with E-state index in [0.717, 1.165) is 42.3 Å². The summed E-state index contributed by atoms with van der Waals surface area (Å²) in [5.74, 6) is 1.33. The average molecular weight is 487 g/mol. The molecule has 1 fully saturated rings. The summed E-state index contributed by atoms with van der Waals surface area (Å²) in [6, 6.07) is 13.7. The number of ether oxygens (including phenoxy) is 2. The molecule has 0 bridgehead atoms. The average Bonchev–Trinajstić information content (AvgIpc) is 3.52. The van der Waals surface area contributed by atoms with Crippen molar-refractivity contribution in [1.82, 2.24) is 29.1 Å². The van der Waals surface area contributed by atoms with E-state index in [1.165, 1.54) is 15.6 Å². The molecule has 1 saturated heterocycles. The molecule has 2 aromatic heterocycles. The van der Waals surface area contributed by atoms with Crippen LogP contribution in [0.1, 0.15) is 21.6 Å². The molecule has 10 nitrogen and oxygen atoms in total. The number of carbonyl (C=O) groups is 1. The molecular formula is C26H26N6O4. The SMILES string of the molecule is Cc1ccc(-n2nc(C(=O)N3CCN(Cc4ccc5c(c4)OCO5)CC3)c3ncn(C)c(=O)c32)cc1. The summed E-state index contributed by atoms with van der Waals surface area (Å²) in [6.45, 7) is 5.60. The molecule has 4 aromatic rings. The van der Waals surface area contributed by atoms with Gasteiger partial charge in [-0.05, 0) is 36.8 Å². The lowest BCUT2D eigenvalue weighted by Crippen LogP contribution is -2.48. The van der Waals surface area contributed by atoms with Gasteiger partial charge in [0.05, 0.1) is 12.0 Å². The van der Waals surface area contributed by atoms with E-state index in [9.17, 15) is 9.59 Å². The summed E-state index contributed by atoms with van der Waals surface area (Å²) >= 11 is 0. The smallest absolute Gasteiger partial charge is 0.279 e. The second kappa shape index (κ2) is 8.80. The molecule has 6 rings (SSSR count). The van der Waals surface area contributed by atoms with Gasteiger partial charge in [0.25, 0.3) is 11.5 Å². The fraction of sp³-hybridized carbons (Fsp3) is 0.308. The monoisotopic (exact) mass is 486 g/mol. The molecule has 0 unspecified atom stereocenters. The molecule has 0 spiro atoms. The molecule has 4 heterocycles. The highest BCUT2D eigenvalue weighted by Crippen LogP contribution is 2.33. The van der Waals surface area contributed by atoms with E-state index in [1.54, 1.807) is 11.9 Å². The molecule has 0 N–H and O–H groups in total. The topological polar surface area (TPSA) is 94.7 Å². The number of carbonyl (C=O) groups excluding carboxylic acids is 1. The molecule has 2 aliphatic heterocycles. The van der Waals surface area contributed by atoms with Crippen molar-refractivity contribution in [1.29, 1.82) is 0 Å². The highest BCUT2D eigenvalue weighted by molar-refractivity contribution is 6.03. The van der Waals surface area contributed by atoms with E-state index in [2.05, 4.69) is 15.0 Å². The standard InChI is InChI=1S/C26H26N6O4/c1-17-3-6-19(7-4-17)32-24-22(27-15-29(2)26(24)34)23(28-32)25(33)31-11-9-30(10-12-31)14-18-5-8-20-21(13-18)36-16-35-20/h3-8,13,15H,9-12,14,16H2,1-2H3. The highest BCUT2D eigenvalue weighted by Gasteiger charge is 2.28.